The Morgan fingerprint density at radius 1 is 1.14 bits per heavy atom. The minimum absolute atomic E-state index is 0.0319. The SMILES string of the molecule is CCOc1nc(Cl)nc(Oc2cc(C#N)cc(OC)c2)n1. The molecule has 8 heteroatoms. The topological polar surface area (TPSA) is 90.2 Å². The van der Waals surface area contributed by atoms with Gasteiger partial charge in [-0.05, 0) is 30.7 Å². The molecular weight excluding hydrogens is 296 g/mol. The van der Waals surface area contributed by atoms with Gasteiger partial charge in [0.2, 0.25) is 5.28 Å². The standard InChI is InChI=1S/C13H11ClN4O3/c1-3-20-12-16-11(14)17-13(18-12)21-10-5-8(7-15)4-9(6-10)19-2/h4-6H,3H2,1-2H3. The molecule has 0 saturated carbocycles. The first kappa shape index (κ1) is 14.8. The van der Waals surface area contributed by atoms with Crippen molar-refractivity contribution in [3.05, 3.63) is 29.0 Å². The van der Waals surface area contributed by atoms with Crippen LogP contribution in [0.15, 0.2) is 18.2 Å². The van der Waals surface area contributed by atoms with Crippen molar-refractivity contribution in [2.45, 2.75) is 6.92 Å². The molecule has 0 spiro atoms. The zero-order valence-corrected chi connectivity index (χ0v) is 12.1. The van der Waals surface area contributed by atoms with E-state index in [2.05, 4.69) is 15.0 Å². The van der Waals surface area contributed by atoms with Gasteiger partial charge < -0.3 is 14.2 Å². The van der Waals surface area contributed by atoms with Gasteiger partial charge in [0.15, 0.2) is 0 Å². The molecule has 0 N–H and O–H groups in total. The van der Waals surface area contributed by atoms with Crippen LogP contribution in [0.4, 0.5) is 0 Å². The number of nitrogens with zero attached hydrogens (tertiary/aromatic N) is 4. The predicted octanol–water partition coefficient (Wildman–Crippen LogP) is 2.60. The zero-order valence-electron chi connectivity index (χ0n) is 11.3. The van der Waals surface area contributed by atoms with E-state index in [1.165, 1.54) is 13.2 Å². The van der Waals surface area contributed by atoms with Gasteiger partial charge in [-0.15, -0.1) is 4.98 Å². The van der Waals surface area contributed by atoms with Crippen molar-refractivity contribution >= 4 is 11.6 Å². The van der Waals surface area contributed by atoms with Crippen molar-refractivity contribution in [3.8, 4) is 29.6 Å². The van der Waals surface area contributed by atoms with E-state index in [1.54, 1.807) is 19.1 Å². The lowest BCUT2D eigenvalue weighted by Gasteiger charge is -2.08. The summed E-state index contributed by atoms with van der Waals surface area (Å²) in [6.45, 7) is 2.18. The molecule has 0 bridgehead atoms. The van der Waals surface area contributed by atoms with E-state index < -0.39 is 0 Å². The maximum absolute atomic E-state index is 8.96. The van der Waals surface area contributed by atoms with Crippen LogP contribution in [-0.4, -0.2) is 28.7 Å². The molecule has 21 heavy (non-hydrogen) atoms. The summed E-state index contributed by atoms with van der Waals surface area (Å²) in [4.78, 5) is 11.6. The summed E-state index contributed by atoms with van der Waals surface area (Å²) in [6, 6.07) is 6.75. The van der Waals surface area contributed by atoms with Crippen LogP contribution in [0.25, 0.3) is 0 Å². The van der Waals surface area contributed by atoms with Gasteiger partial charge in [-0.1, -0.05) is 0 Å². The van der Waals surface area contributed by atoms with Gasteiger partial charge in [0.05, 0.1) is 25.3 Å². The van der Waals surface area contributed by atoms with Gasteiger partial charge in [-0.2, -0.15) is 15.2 Å². The van der Waals surface area contributed by atoms with Crippen LogP contribution in [0.2, 0.25) is 5.28 Å². The first-order valence-electron chi connectivity index (χ1n) is 5.96. The highest BCUT2D eigenvalue weighted by Gasteiger charge is 2.10. The Bertz CT molecular complexity index is 688. The van der Waals surface area contributed by atoms with Crippen molar-refractivity contribution in [1.82, 2.24) is 15.0 Å². The molecule has 1 aromatic carbocycles. The molecule has 108 valence electrons. The Balaban J connectivity index is 2.31. The first-order valence-corrected chi connectivity index (χ1v) is 6.33. The summed E-state index contributed by atoms with van der Waals surface area (Å²) in [7, 11) is 1.49. The number of hydrogen-bond acceptors (Lipinski definition) is 7. The molecule has 2 rings (SSSR count). The van der Waals surface area contributed by atoms with Crippen LogP contribution < -0.4 is 14.2 Å². The summed E-state index contributed by atoms with van der Waals surface area (Å²) in [5.74, 6) is 0.824. The third-order valence-corrected chi connectivity index (χ3v) is 2.46. The number of methoxy groups -OCH3 is 1. The smallest absolute Gasteiger partial charge is 0.329 e. The number of rotatable bonds is 5. The molecule has 0 atom stereocenters. The molecular formula is C13H11ClN4O3. The average molecular weight is 307 g/mol. The number of hydrogen-bond donors (Lipinski definition) is 0. The number of halogens is 1. The quantitative estimate of drug-likeness (QED) is 0.838. The van der Waals surface area contributed by atoms with Crippen molar-refractivity contribution in [2.24, 2.45) is 0 Å². The van der Waals surface area contributed by atoms with Gasteiger partial charge in [-0.25, -0.2) is 0 Å². The fraction of sp³-hybridized carbons (Fsp3) is 0.231. The molecule has 0 aliphatic rings. The van der Waals surface area contributed by atoms with Crippen molar-refractivity contribution in [2.75, 3.05) is 13.7 Å². The number of nitriles is 1. The van der Waals surface area contributed by atoms with Crippen molar-refractivity contribution < 1.29 is 14.2 Å². The summed E-state index contributed by atoms with van der Waals surface area (Å²) >= 11 is 5.77. The van der Waals surface area contributed by atoms with Crippen LogP contribution in [0.3, 0.4) is 0 Å². The second-order valence-electron chi connectivity index (χ2n) is 3.71. The second kappa shape index (κ2) is 6.72. The minimum atomic E-state index is -0.0492. The van der Waals surface area contributed by atoms with Crippen molar-refractivity contribution in [3.63, 3.8) is 0 Å². The molecule has 1 heterocycles. The Labute approximate surface area is 126 Å². The Morgan fingerprint density at radius 2 is 1.86 bits per heavy atom. The predicted molar refractivity (Wildman–Crippen MR) is 73.8 cm³/mol. The molecule has 0 fully saturated rings. The highest BCUT2D eigenvalue weighted by molar-refractivity contribution is 6.28. The van der Waals surface area contributed by atoms with E-state index in [0.717, 1.165) is 0 Å². The van der Waals surface area contributed by atoms with Gasteiger partial charge in [-0.3, -0.25) is 0 Å². The van der Waals surface area contributed by atoms with E-state index in [9.17, 15) is 0 Å². The number of benzene rings is 1. The van der Waals surface area contributed by atoms with Crippen LogP contribution in [0, 0.1) is 11.3 Å². The highest BCUT2D eigenvalue weighted by Crippen LogP contribution is 2.26. The number of ether oxygens (including phenoxy) is 3. The van der Waals surface area contributed by atoms with E-state index in [0.29, 0.717) is 23.7 Å². The molecule has 0 saturated heterocycles. The van der Waals surface area contributed by atoms with Gasteiger partial charge in [0.1, 0.15) is 11.5 Å². The van der Waals surface area contributed by atoms with Gasteiger partial charge >= 0.3 is 12.0 Å². The zero-order chi connectivity index (χ0) is 15.2. The normalized spacial score (nSPS) is 9.81. The Hall–Kier alpha value is -2.59. The van der Waals surface area contributed by atoms with Gasteiger partial charge in [0, 0.05) is 6.07 Å². The van der Waals surface area contributed by atoms with Crippen LogP contribution >= 0.6 is 11.6 Å². The molecule has 0 amide bonds. The first-order chi connectivity index (χ1) is 10.1. The van der Waals surface area contributed by atoms with Crippen LogP contribution in [-0.2, 0) is 0 Å². The van der Waals surface area contributed by atoms with Crippen molar-refractivity contribution in [1.29, 1.82) is 5.26 Å². The molecule has 0 aliphatic carbocycles. The lowest BCUT2D eigenvalue weighted by Crippen LogP contribution is -2.01. The maximum Gasteiger partial charge on any atom is 0.329 e. The maximum atomic E-state index is 8.96. The fourth-order valence-corrected chi connectivity index (χ4v) is 1.62. The highest BCUT2D eigenvalue weighted by atomic mass is 35.5. The third-order valence-electron chi connectivity index (χ3n) is 2.29. The monoisotopic (exact) mass is 306 g/mol. The Morgan fingerprint density at radius 3 is 2.52 bits per heavy atom. The molecule has 0 radical (unpaired) electrons. The number of aromatic nitrogens is 3. The van der Waals surface area contributed by atoms with E-state index in [1.807, 2.05) is 6.07 Å². The average Bonchev–Trinajstić information content (AvgIpc) is 2.46. The summed E-state index contributed by atoms with van der Waals surface area (Å²) in [5, 5.41) is 8.91. The lowest BCUT2D eigenvalue weighted by molar-refractivity contribution is 0.303. The summed E-state index contributed by atoms with van der Waals surface area (Å²) in [6.07, 6.45) is 0. The molecule has 0 aliphatic heterocycles. The molecule has 1 aromatic heterocycles. The largest absolute Gasteiger partial charge is 0.497 e. The molecule has 0 unspecified atom stereocenters. The van der Waals surface area contributed by atoms with Gasteiger partial charge in [0.25, 0.3) is 0 Å². The minimum Gasteiger partial charge on any atom is -0.497 e. The summed E-state index contributed by atoms with van der Waals surface area (Å²) < 4.78 is 15.7. The Kier molecular flexibility index (Phi) is 4.74. The van der Waals surface area contributed by atoms with E-state index in [4.69, 9.17) is 31.1 Å². The van der Waals surface area contributed by atoms with E-state index in [-0.39, 0.29) is 17.3 Å². The van der Waals surface area contributed by atoms with Crippen LogP contribution in [0.5, 0.6) is 23.5 Å². The van der Waals surface area contributed by atoms with E-state index >= 15 is 0 Å². The second-order valence-corrected chi connectivity index (χ2v) is 4.05. The third kappa shape index (κ3) is 3.94. The fourth-order valence-electron chi connectivity index (χ4n) is 1.47. The van der Waals surface area contributed by atoms with Crippen LogP contribution in [0.1, 0.15) is 12.5 Å². The molecule has 2 aromatic rings. The lowest BCUT2D eigenvalue weighted by atomic mass is 10.2. The summed E-state index contributed by atoms with van der Waals surface area (Å²) in [5.41, 5.74) is 0.384. The molecule has 7 nitrogen and oxygen atoms in total.